The zero-order valence-corrected chi connectivity index (χ0v) is 10.3. The second-order valence-corrected chi connectivity index (χ2v) is 5.55. The molecule has 2 aliphatic rings. The summed E-state index contributed by atoms with van der Waals surface area (Å²) >= 11 is 0. The van der Waals surface area contributed by atoms with Crippen molar-refractivity contribution in [1.29, 1.82) is 0 Å². The Hall–Kier alpha value is -0.195. The number of hydrogen-bond donors (Lipinski definition) is 0. The lowest BCUT2D eigenvalue weighted by Crippen LogP contribution is -2.34. The van der Waals surface area contributed by atoms with Gasteiger partial charge in [-0.25, -0.2) is 0 Å². The second-order valence-electron chi connectivity index (χ2n) is 5.55. The molecule has 0 unspecified atom stereocenters. The quantitative estimate of drug-likeness (QED) is 0.345. The Morgan fingerprint density at radius 3 is 2.20 bits per heavy atom. The summed E-state index contributed by atoms with van der Waals surface area (Å²) in [6, 6.07) is 0. The average Bonchev–Trinajstić information content (AvgIpc) is 2.24. The molecule has 0 aromatic carbocycles. The van der Waals surface area contributed by atoms with E-state index in [9.17, 15) is 0 Å². The van der Waals surface area contributed by atoms with Crippen LogP contribution < -0.4 is 0 Å². The fourth-order valence-corrected chi connectivity index (χ4v) is 3.92. The molecule has 0 atom stereocenters. The molecule has 0 radical (unpaired) electrons. The van der Waals surface area contributed by atoms with Crippen molar-refractivity contribution in [2.75, 3.05) is 0 Å². The first-order valence-corrected chi connectivity index (χ1v) is 7.03. The van der Waals surface area contributed by atoms with Crippen LogP contribution in [0, 0.1) is 0 Å². The van der Waals surface area contributed by atoms with E-state index in [4.69, 9.17) is 0 Å². The van der Waals surface area contributed by atoms with Crippen molar-refractivity contribution in [3.8, 4) is 0 Å². The zero-order valence-electron chi connectivity index (χ0n) is 10.3. The van der Waals surface area contributed by atoms with Gasteiger partial charge in [-0.15, -0.1) is 0 Å². The smallest absolute Gasteiger partial charge is 0.0917 e. The first-order valence-electron chi connectivity index (χ1n) is 7.03. The molecule has 84 valence electrons. The van der Waals surface area contributed by atoms with Crippen LogP contribution >= 0.6 is 0 Å². The molecule has 0 aliphatic carbocycles. The summed E-state index contributed by atoms with van der Waals surface area (Å²) < 4.78 is 0. The van der Waals surface area contributed by atoms with Crippen molar-refractivity contribution in [3.63, 3.8) is 0 Å². The molecular weight excluding hydrogens is 179 g/mol. The van der Waals surface area contributed by atoms with Crippen LogP contribution in [0.1, 0.15) is 58.3 Å². The summed E-state index contributed by atoms with van der Waals surface area (Å²) in [4.78, 5) is 0. The first kappa shape index (κ1) is 11.3. The van der Waals surface area contributed by atoms with Gasteiger partial charge in [0.2, 0.25) is 0 Å². The van der Waals surface area contributed by atoms with Crippen LogP contribution in [-0.4, -0.2) is 6.71 Å². The maximum atomic E-state index is 2.33. The Labute approximate surface area is 95.6 Å². The molecule has 2 aliphatic heterocycles. The van der Waals surface area contributed by atoms with Gasteiger partial charge in [-0.1, -0.05) is 75.1 Å². The highest BCUT2D eigenvalue weighted by atomic mass is 14.2. The predicted molar refractivity (Wildman–Crippen MR) is 69.8 cm³/mol. The largest absolute Gasteiger partial charge is 0.146 e. The Balaban J connectivity index is 1.79. The van der Waals surface area contributed by atoms with E-state index >= 15 is 0 Å². The third-order valence-electron chi connectivity index (χ3n) is 4.65. The number of unbranched alkanes of at least 4 members (excludes halogenated alkanes) is 1. The van der Waals surface area contributed by atoms with Gasteiger partial charge >= 0.3 is 0 Å². The summed E-state index contributed by atoms with van der Waals surface area (Å²) in [5.41, 5.74) is 0. The molecule has 0 aromatic rings. The fourth-order valence-electron chi connectivity index (χ4n) is 3.92. The van der Waals surface area contributed by atoms with Gasteiger partial charge in [0.25, 0.3) is 0 Å². The van der Waals surface area contributed by atoms with Gasteiger partial charge in [-0.3, -0.25) is 0 Å². The van der Waals surface area contributed by atoms with Crippen molar-refractivity contribution < 1.29 is 0 Å². The Kier molecular flexibility index (Phi) is 4.35. The molecule has 1 heteroatoms. The molecule has 2 bridgehead atoms. The zero-order chi connectivity index (χ0) is 10.5. The highest BCUT2D eigenvalue weighted by molar-refractivity contribution is 6.62. The number of rotatable bonds is 4. The lowest BCUT2D eigenvalue weighted by atomic mass is 9.26. The van der Waals surface area contributed by atoms with E-state index < -0.39 is 0 Å². The van der Waals surface area contributed by atoms with E-state index in [2.05, 4.69) is 19.1 Å². The Morgan fingerprint density at radius 2 is 1.67 bits per heavy atom. The lowest BCUT2D eigenvalue weighted by molar-refractivity contribution is 0.440. The van der Waals surface area contributed by atoms with Crippen LogP contribution in [0.5, 0.6) is 0 Å². The summed E-state index contributed by atoms with van der Waals surface area (Å²) in [7, 11) is 0. The van der Waals surface area contributed by atoms with Crippen molar-refractivity contribution in [2.24, 2.45) is 0 Å². The van der Waals surface area contributed by atoms with Gasteiger partial charge in [0, 0.05) is 0 Å². The summed E-state index contributed by atoms with van der Waals surface area (Å²) in [6.07, 6.45) is 18.0. The molecule has 15 heavy (non-hydrogen) atoms. The van der Waals surface area contributed by atoms with Crippen LogP contribution in [0.3, 0.4) is 0 Å². The van der Waals surface area contributed by atoms with Crippen LogP contribution in [0.25, 0.3) is 0 Å². The highest BCUT2D eigenvalue weighted by Crippen LogP contribution is 2.48. The van der Waals surface area contributed by atoms with Crippen LogP contribution in [0.15, 0.2) is 12.2 Å². The molecule has 2 saturated heterocycles. The van der Waals surface area contributed by atoms with E-state index in [0.29, 0.717) is 0 Å². The van der Waals surface area contributed by atoms with E-state index in [1.54, 1.807) is 25.7 Å². The molecule has 0 saturated carbocycles. The first-order chi connectivity index (χ1) is 7.42. The van der Waals surface area contributed by atoms with E-state index in [1.165, 1.54) is 32.0 Å². The molecule has 2 heterocycles. The molecule has 0 aromatic heterocycles. The third kappa shape index (κ3) is 2.89. The standard InChI is InChI=1S/C14H25B/c1-2-3-4-5-12-15-13-8-6-9-14(15)11-7-10-13/h2-3,13-14H,4-12H2,1H3/b3-2+. The van der Waals surface area contributed by atoms with Crippen molar-refractivity contribution in [3.05, 3.63) is 12.2 Å². The molecular formula is C14H25B. The molecule has 0 spiro atoms. The summed E-state index contributed by atoms with van der Waals surface area (Å²) in [5.74, 6) is 2.23. The SMILES string of the molecule is C/C=C/CCCB1C2CCCC1CCC2. The minimum Gasteiger partial charge on any atom is -0.0917 e. The molecule has 0 N–H and O–H groups in total. The average molecular weight is 204 g/mol. The normalized spacial score (nSPS) is 31.1. The van der Waals surface area contributed by atoms with Gasteiger partial charge in [0.1, 0.15) is 6.71 Å². The van der Waals surface area contributed by atoms with Crippen molar-refractivity contribution in [2.45, 2.75) is 76.2 Å². The van der Waals surface area contributed by atoms with E-state index in [0.717, 1.165) is 18.3 Å². The van der Waals surface area contributed by atoms with Crippen LogP contribution in [0.2, 0.25) is 18.0 Å². The van der Waals surface area contributed by atoms with E-state index in [-0.39, 0.29) is 0 Å². The maximum Gasteiger partial charge on any atom is 0.146 e. The topological polar surface area (TPSA) is 0 Å². The Morgan fingerprint density at radius 1 is 1.07 bits per heavy atom. The van der Waals surface area contributed by atoms with Gasteiger partial charge < -0.3 is 0 Å². The fraction of sp³-hybridized carbons (Fsp3) is 0.857. The summed E-state index contributed by atoms with van der Waals surface area (Å²) in [5, 5.41) is 0. The number of allylic oxidation sites excluding steroid dienone is 2. The minimum absolute atomic E-state index is 1.11. The Bertz CT molecular complexity index is 187. The maximum absolute atomic E-state index is 2.33. The lowest BCUT2D eigenvalue weighted by Gasteiger charge is -2.40. The van der Waals surface area contributed by atoms with Gasteiger partial charge in [0.15, 0.2) is 0 Å². The van der Waals surface area contributed by atoms with Crippen molar-refractivity contribution >= 4 is 6.71 Å². The minimum atomic E-state index is 1.11. The molecule has 0 amide bonds. The van der Waals surface area contributed by atoms with Gasteiger partial charge in [-0.2, -0.15) is 0 Å². The van der Waals surface area contributed by atoms with Gasteiger partial charge in [0.05, 0.1) is 0 Å². The third-order valence-corrected chi connectivity index (χ3v) is 4.65. The molecule has 0 nitrogen and oxygen atoms in total. The molecule has 2 fully saturated rings. The summed E-state index contributed by atoms with van der Waals surface area (Å²) in [6.45, 7) is 3.24. The van der Waals surface area contributed by atoms with Crippen molar-refractivity contribution in [1.82, 2.24) is 0 Å². The number of hydrogen-bond acceptors (Lipinski definition) is 0. The second kappa shape index (κ2) is 5.77. The molecule has 2 rings (SSSR count). The van der Waals surface area contributed by atoms with Gasteiger partial charge in [-0.05, 0) is 13.3 Å². The monoisotopic (exact) mass is 204 g/mol. The van der Waals surface area contributed by atoms with Crippen LogP contribution in [0.4, 0.5) is 0 Å². The number of fused-ring (bicyclic) bond motifs is 2. The highest BCUT2D eigenvalue weighted by Gasteiger charge is 2.37. The van der Waals surface area contributed by atoms with E-state index in [1.807, 2.05) is 0 Å². The predicted octanol–water partition coefficient (Wildman–Crippen LogP) is 4.95. The van der Waals surface area contributed by atoms with Crippen LogP contribution in [-0.2, 0) is 0 Å².